The van der Waals surface area contributed by atoms with Gasteiger partial charge in [0.1, 0.15) is 6.04 Å². The van der Waals surface area contributed by atoms with Gasteiger partial charge in [-0.15, -0.1) is 0 Å². The van der Waals surface area contributed by atoms with E-state index in [4.69, 9.17) is 10.5 Å². The summed E-state index contributed by atoms with van der Waals surface area (Å²) >= 11 is 0. The predicted octanol–water partition coefficient (Wildman–Crippen LogP) is 1.30. The summed E-state index contributed by atoms with van der Waals surface area (Å²) in [6.45, 7) is 1.46. The Kier molecular flexibility index (Phi) is 2.94. The average Bonchev–Trinajstić information content (AvgIpc) is 2.37. The molecule has 0 saturated heterocycles. The van der Waals surface area contributed by atoms with Crippen molar-refractivity contribution in [3.8, 4) is 5.88 Å². The number of methoxy groups -OCH3 is 1. The molecule has 1 aromatic heterocycles. The van der Waals surface area contributed by atoms with Crippen molar-refractivity contribution in [3.63, 3.8) is 0 Å². The summed E-state index contributed by atoms with van der Waals surface area (Å²) in [7, 11) is 2.78. The molecule has 1 atom stereocenters. The largest absolute Gasteiger partial charge is 0.481 e. The number of hydrogen-bond acceptors (Lipinski definition) is 3. The Balaban J connectivity index is 3.24. The number of nitrogens with zero attached hydrogens (tertiary/aromatic N) is 2. The van der Waals surface area contributed by atoms with E-state index in [1.54, 1.807) is 0 Å². The van der Waals surface area contributed by atoms with Gasteiger partial charge in [-0.25, -0.2) is 4.68 Å². The van der Waals surface area contributed by atoms with E-state index >= 15 is 0 Å². The SMILES string of the molecule is COc1c(C(N)C(F)(F)F)c(C)nn1C. The lowest BCUT2D eigenvalue weighted by Gasteiger charge is -2.16. The number of nitrogens with two attached hydrogens (primary N) is 1. The summed E-state index contributed by atoms with van der Waals surface area (Å²) in [6, 6.07) is -2.07. The van der Waals surface area contributed by atoms with Crippen molar-refractivity contribution >= 4 is 0 Å². The molecule has 7 heteroatoms. The topological polar surface area (TPSA) is 53.1 Å². The number of ether oxygens (including phenoxy) is 1. The number of rotatable bonds is 2. The van der Waals surface area contributed by atoms with Gasteiger partial charge in [0, 0.05) is 7.05 Å². The zero-order valence-corrected chi connectivity index (χ0v) is 8.59. The highest BCUT2D eigenvalue weighted by atomic mass is 19.4. The first-order valence-corrected chi connectivity index (χ1v) is 4.18. The number of aryl methyl sites for hydroxylation is 2. The summed E-state index contributed by atoms with van der Waals surface area (Å²) in [5.74, 6) is 0.0392. The van der Waals surface area contributed by atoms with Gasteiger partial charge < -0.3 is 10.5 Å². The maximum atomic E-state index is 12.4. The Bertz CT molecular complexity index is 359. The van der Waals surface area contributed by atoms with Gasteiger partial charge in [0.25, 0.3) is 0 Å². The molecule has 4 nitrogen and oxygen atoms in total. The summed E-state index contributed by atoms with van der Waals surface area (Å²) in [6.07, 6.45) is -4.50. The van der Waals surface area contributed by atoms with Gasteiger partial charge in [-0.05, 0) is 6.92 Å². The van der Waals surface area contributed by atoms with Crippen molar-refractivity contribution in [1.82, 2.24) is 9.78 Å². The Morgan fingerprint density at radius 1 is 1.47 bits per heavy atom. The van der Waals surface area contributed by atoms with Crippen LogP contribution in [0.4, 0.5) is 13.2 Å². The van der Waals surface area contributed by atoms with Crippen molar-refractivity contribution < 1.29 is 17.9 Å². The standard InChI is InChI=1S/C8H12F3N3O/c1-4-5(6(12)8(9,10)11)7(15-3)14(2)13-4/h6H,12H2,1-3H3. The van der Waals surface area contributed by atoms with Crippen molar-refractivity contribution in [1.29, 1.82) is 0 Å². The van der Waals surface area contributed by atoms with Crippen LogP contribution in [0, 0.1) is 6.92 Å². The molecule has 0 aliphatic rings. The van der Waals surface area contributed by atoms with Crippen LogP contribution in [-0.4, -0.2) is 23.1 Å². The number of alkyl halides is 3. The molecule has 2 N–H and O–H groups in total. The highest BCUT2D eigenvalue weighted by Gasteiger charge is 2.41. The van der Waals surface area contributed by atoms with E-state index in [0.717, 1.165) is 0 Å². The second-order valence-electron chi connectivity index (χ2n) is 3.15. The van der Waals surface area contributed by atoms with E-state index in [2.05, 4.69) is 5.10 Å². The van der Waals surface area contributed by atoms with E-state index in [1.165, 1.54) is 25.8 Å². The minimum atomic E-state index is -4.50. The van der Waals surface area contributed by atoms with Crippen molar-refractivity contribution in [2.24, 2.45) is 12.8 Å². The van der Waals surface area contributed by atoms with E-state index < -0.39 is 12.2 Å². The molecule has 1 heterocycles. The fourth-order valence-electron chi connectivity index (χ4n) is 1.42. The van der Waals surface area contributed by atoms with Crippen LogP contribution in [0.5, 0.6) is 5.88 Å². The van der Waals surface area contributed by atoms with E-state index in [1.807, 2.05) is 0 Å². The first-order chi connectivity index (χ1) is 6.79. The van der Waals surface area contributed by atoms with Crippen LogP contribution in [-0.2, 0) is 7.05 Å². The summed E-state index contributed by atoms with van der Waals surface area (Å²) in [5.41, 5.74) is 5.21. The Labute approximate surface area is 84.8 Å². The van der Waals surface area contributed by atoms with Gasteiger partial charge in [-0.2, -0.15) is 18.3 Å². The molecule has 0 aliphatic carbocycles. The van der Waals surface area contributed by atoms with Crippen LogP contribution in [0.3, 0.4) is 0 Å². The van der Waals surface area contributed by atoms with Crippen molar-refractivity contribution in [2.75, 3.05) is 7.11 Å². The molecule has 1 rings (SSSR count). The molecule has 1 aromatic rings. The summed E-state index contributed by atoms with van der Waals surface area (Å²) in [5, 5.41) is 3.83. The van der Waals surface area contributed by atoms with Gasteiger partial charge in [0.05, 0.1) is 18.4 Å². The highest BCUT2D eigenvalue weighted by molar-refractivity contribution is 5.34. The number of aromatic nitrogens is 2. The van der Waals surface area contributed by atoms with Crippen LogP contribution < -0.4 is 10.5 Å². The second-order valence-corrected chi connectivity index (χ2v) is 3.15. The van der Waals surface area contributed by atoms with E-state index in [0.29, 0.717) is 0 Å². The third-order valence-electron chi connectivity index (χ3n) is 2.07. The molecule has 0 spiro atoms. The van der Waals surface area contributed by atoms with Gasteiger partial charge in [-0.1, -0.05) is 0 Å². The molecule has 0 bridgehead atoms. The van der Waals surface area contributed by atoms with Gasteiger partial charge in [0.15, 0.2) is 0 Å². The maximum Gasteiger partial charge on any atom is 0.407 e. The van der Waals surface area contributed by atoms with Gasteiger partial charge in [-0.3, -0.25) is 0 Å². The first-order valence-electron chi connectivity index (χ1n) is 4.18. The molecule has 0 radical (unpaired) electrons. The van der Waals surface area contributed by atoms with Crippen LogP contribution >= 0.6 is 0 Å². The normalized spacial score (nSPS) is 14.1. The maximum absolute atomic E-state index is 12.4. The van der Waals surface area contributed by atoms with Crippen LogP contribution in [0.2, 0.25) is 0 Å². The molecule has 0 fully saturated rings. The van der Waals surface area contributed by atoms with Gasteiger partial charge in [0.2, 0.25) is 5.88 Å². The molecular weight excluding hydrogens is 211 g/mol. The van der Waals surface area contributed by atoms with E-state index in [-0.39, 0.29) is 17.1 Å². The third kappa shape index (κ3) is 2.06. The monoisotopic (exact) mass is 223 g/mol. The van der Waals surface area contributed by atoms with Gasteiger partial charge >= 0.3 is 6.18 Å². The summed E-state index contributed by atoms with van der Waals surface area (Å²) in [4.78, 5) is 0. The molecule has 1 unspecified atom stereocenters. The molecule has 15 heavy (non-hydrogen) atoms. The molecule has 0 aromatic carbocycles. The lowest BCUT2D eigenvalue weighted by Crippen LogP contribution is -2.29. The minimum Gasteiger partial charge on any atom is -0.481 e. The Morgan fingerprint density at radius 3 is 2.40 bits per heavy atom. The quantitative estimate of drug-likeness (QED) is 0.822. The van der Waals surface area contributed by atoms with Crippen LogP contribution in [0.1, 0.15) is 17.3 Å². The lowest BCUT2D eigenvalue weighted by atomic mass is 10.1. The number of halogens is 3. The molecule has 0 saturated carbocycles. The average molecular weight is 223 g/mol. The Hall–Kier alpha value is -1.24. The number of hydrogen-bond donors (Lipinski definition) is 1. The summed E-state index contributed by atoms with van der Waals surface area (Å²) < 4.78 is 43.3. The smallest absolute Gasteiger partial charge is 0.407 e. The lowest BCUT2D eigenvalue weighted by molar-refractivity contribution is -0.149. The van der Waals surface area contributed by atoms with E-state index in [9.17, 15) is 13.2 Å². The first kappa shape index (κ1) is 11.8. The molecular formula is C8H12F3N3O. The Morgan fingerprint density at radius 2 is 2.00 bits per heavy atom. The molecule has 0 amide bonds. The third-order valence-corrected chi connectivity index (χ3v) is 2.07. The second kappa shape index (κ2) is 3.73. The molecule has 86 valence electrons. The molecule has 0 aliphatic heterocycles. The predicted molar refractivity (Wildman–Crippen MR) is 47.5 cm³/mol. The van der Waals surface area contributed by atoms with Crippen LogP contribution in [0.15, 0.2) is 0 Å². The fourth-order valence-corrected chi connectivity index (χ4v) is 1.42. The van der Waals surface area contributed by atoms with Crippen molar-refractivity contribution in [2.45, 2.75) is 19.1 Å². The minimum absolute atomic E-state index is 0.0392. The highest BCUT2D eigenvalue weighted by Crippen LogP contribution is 2.36. The van der Waals surface area contributed by atoms with Crippen molar-refractivity contribution in [3.05, 3.63) is 11.3 Å². The fraction of sp³-hybridized carbons (Fsp3) is 0.625. The van der Waals surface area contributed by atoms with Crippen LogP contribution in [0.25, 0.3) is 0 Å². The zero-order valence-electron chi connectivity index (χ0n) is 8.59. The zero-order chi connectivity index (χ0) is 11.8.